The van der Waals surface area contributed by atoms with Gasteiger partial charge < -0.3 is 70.8 Å². The molecule has 6 amide bonds. The third-order valence-corrected chi connectivity index (χ3v) is 22.1. The lowest BCUT2D eigenvalue weighted by Crippen LogP contribution is -2.71. The molecule has 0 unspecified atom stereocenters. The minimum absolute atomic E-state index is 0.171. The maximum atomic E-state index is 14.2. The quantitative estimate of drug-likeness (QED) is 0.0887. The van der Waals surface area contributed by atoms with Crippen molar-refractivity contribution in [1.29, 1.82) is 0 Å². The first-order valence-electron chi connectivity index (χ1n) is 33.1. The Morgan fingerprint density at radius 2 is 0.958 bits per heavy atom. The van der Waals surface area contributed by atoms with E-state index >= 15 is 0 Å². The number of hydrogen-bond acceptors (Lipinski definition) is 16. The Bertz CT molecular complexity index is 3850. The van der Waals surface area contributed by atoms with E-state index in [-0.39, 0.29) is 72.2 Å². The van der Waals surface area contributed by atoms with Gasteiger partial charge in [-0.15, -0.1) is 0 Å². The third-order valence-electron chi connectivity index (χ3n) is 22.1. The molecule has 8 fully saturated rings. The van der Waals surface area contributed by atoms with Gasteiger partial charge in [0.05, 0.1) is 11.8 Å². The van der Waals surface area contributed by atoms with E-state index in [0.29, 0.717) is 64.7 Å². The fourth-order valence-electron chi connectivity index (χ4n) is 17.6. The molecule has 0 saturated carbocycles. The van der Waals surface area contributed by atoms with Crippen LogP contribution in [0.15, 0.2) is 109 Å². The van der Waals surface area contributed by atoms with Crippen molar-refractivity contribution in [3.63, 3.8) is 0 Å². The highest BCUT2D eigenvalue weighted by atomic mass is 16.7. The Kier molecular flexibility index (Phi) is 16.3. The van der Waals surface area contributed by atoms with E-state index in [4.69, 9.17) is 29.9 Å². The summed E-state index contributed by atoms with van der Waals surface area (Å²) >= 11 is 0. The molecule has 4 aromatic carbocycles. The van der Waals surface area contributed by atoms with E-state index in [9.17, 15) is 48.6 Å². The number of rotatable bonds is 11. The fraction of sp³-hybridized carbons (Fsp3) is 0.486. The number of carbonyl (C=O) groups is 8. The number of carboxylic acid groups (broad SMARTS) is 2. The summed E-state index contributed by atoms with van der Waals surface area (Å²) in [4.78, 5) is 120. The molecule has 506 valence electrons. The minimum Gasteiger partial charge on any atom is -0.479 e. The third kappa shape index (κ3) is 10.6. The molecule has 16 atom stereocenters. The van der Waals surface area contributed by atoms with E-state index in [1.807, 2.05) is 60.7 Å². The number of hydrogen-bond donors (Lipinski definition) is 10. The maximum absolute atomic E-state index is 14.2. The van der Waals surface area contributed by atoms with E-state index < -0.39 is 83.4 Å². The van der Waals surface area contributed by atoms with Crippen LogP contribution in [0, 0.1) is 11.8 Å². The molecule has 2 aromatic heterocycles. The zero-order valence-corrected chi connectivity index (χ0v) is 53.7. The first kappa shape index (κ1) is 64.7. The SMILES string of the molecule is CN1C[C@H](C(=O)N[C@]2(C)O[C@]3(O)[C@H]4CCCN4C(=O)[C@H](Cc4ccccc4)N3C2=O)C[C@H]2c3cccc4[nH]cc(c34)C[C@@H]21.CN1C[C@H](C(=O)N[C@]2(C)O[C@]3(O)[C@H]4CCCN4C(=O)[C@H](Cc4ccccc4)N3C2=O)C[C@H]2c3cccc4[nH]cc(c34)C[C@@H]21.O=C(O)[C@@H](O)[C@@H](O)C(=O)O. The molecular formula is C70H80N10O16. The van der Waals surface area contributed by atoms with Gasteiger partial charge in [0, 0.05) is 97.1 Å². The van der Waals surface area contributed by atoms with Crippen LogP contribution in [-0.4, -0.2) is 229 Å². The molecule has 8 saturated heterocycles. The van der Waals surface area contributed by atoms with Gasteiger partial charge in [0.25, 0.3) is 23.6 Å². The minimum atomic E-state index is -2.27. The van der Waals surface area contributed by atoms with Gasteiger partial charge in [-0.3, -0.25) is 48.0 Å². The predicted octanol–water partition coefficient (Wildman–Crippen LogP) is 2.04. The fourth-order valence-corrected chi connectivity index (χ4v) is 17.6. The van der Waals surface area contributed by atoms with Crippen LogP contribution in [0.3, 0.4) is 0 Å². The lowest BCUT2D eigenvalue weighted by Gasteiger charge is -2.48. The van der Waals surface area contributed by atoms with Gasteiger partial charge >= 0.3 is 11.9 Å². The van der Waals surface area contributed by atoms with Crippen LogP contribution in [0.2, 0.25) is 0 Å². The Labute approximate surface area is 552 Å². The average molecular weight is 1320 g/mol. The first-order chi connectivity index (χ1) is 45.8. The number of aromatic nitrogens is 2. The van der Waals surface area contributed by atoms with Crippen LogP contribution in [0.5, 0.6) is 0 Å². The summed E-state index contributed by atoms with van der Waals surface area (Å²) in [6.07, 6.45) is 5.72. The number of fused-ring (bicyclic) bond motifs is 10. The maximum Gasteiger partial charge on any atom is 0.335 e. The summed E-state index contributed by atoms with van der Waals surface area (Å²) in [6, 6.07) is 28.9. The number of aliphatic carboxylic acids is 2. The summed E-state index contributed by atoms with van der Waals surface area (Å²) in [6.45, 7) is 5.11. The standard InChI is InChI=1S/2C33H37N5O5.C4H6O6/c2*1-32(35-29(39)21-15-23-22-10-6-11-24-28(22)20(17-34-24)16-25(23)36(2)18-21)31(41)38-26(14-19-8-4-3-5-9-19)30(40)37-13-7-12-27(37)33(38,42)43-32;5-1(3(7)8)2(6)4(9)10/h2*3-6,8-11,17,21,23,25-27,34,42H,7,12-16,18H2,1-2H3,(H,35,39);1-2,5-6H,(H,7,8)(H,9,10)/t2*21-,23+,25+,26+,27-,32-,33-;1-,2+/m11./s1. The number of ether oxygens (including phenoxy) is 2. The Morgan fingerprint density at radius 1 is 0.573 bits per heavy atom. The van der Waals surface area contributed by atoms with Crippen molar-refractivity contribution in [2.24, 2.45) is 11.8 Å². The molecule has 8 aliphatic heterocycles. The normalized spacial score (nSPS) is 33.2. The van der Waals surface area contributed by atoms with Gasteiger partial charge in [-0.25, -0.2) is 9.59 Å². The van der Waals surface area contributed by atoms with Crippen molar-refractivity contribution < 1.29 is 78.5 Å². The molecule has 6 aromatic rings. The molecule has 2 aliphatic carbocycles. The molecule has 10 heterocycles. The van der Waals surface area contributed by atoms with Crippen LogP contribution >= 0.6 is 0 Å². The van der Waals surface area contributed by atoms with Gasteiger partial charge in [0.1, 0.15) is 24.2 Å². The second kappa shape index (κ2) is 24.2. The topological polar surface area (TPSA) is 351 Å². The number of benzene rings is 4. The lowest BCUT2D eigenvalue weighted by atomic mass is 9.72. The number of piperidine rings is 2. The summed E-state index contributed by atoms with van der Waals surface area (Å²) in [5.74, 6) is -10.2. The van der Waals surface area contributed by atoms with Crippen LogP contribution < -0.4 is 10.6 Å². The van der Waals surface area contributed by atoms with Gasteiger partial charge in [-0.1, -0.05) is 84.9 Å². The highest BCUT2D eigenvalue weighted by Gasteiger charge is 2.72. The molecule has 16 rings (SSSR count). The molecule has 10 N–H and O–H groups in total. The zero-order valence-electron chi connectivity index (χ0n) is 53.7. The second-order valence-corrected chi connectivity index (χ2v) is 27.9. The number of likely N-dealkylation sites (N-methyl/N-ethyl adjacent to an activating group) is 2. The van der Waals surface area contributed by atoms with Crippen LogP contribution in [0.1, 0.15) is 97.6 Å². The van der Waals surface area contributed by atoms with Crippen molar-refractivity contribution >= 4 is 69.2 Å². The number of amides is 6. The van der Waals surface area contributed by atoms with Gasteiger partial charge in [-0.05, 0) is 125 Å². The number of nitrogens with one attached hydrogen (secondary N) is 4. The van der Waals surface area contributed by atoms with Crippen molar-refractivity contribution in [3.05, 3.63) is 143 Å². The van der Waals surface area contributed by atoms with Crippen LogP contribution in [0.25, 0.3) is 21.8 Å². The lowest BCUT2D eigenvalue weighted by molar-refractivity contribution is -0.315. The molecule has 0 radical (unpaired) electrons. The highest BCUT2D eigenvalue weighted by molar-refractivity contribution is 5.99. The molecule has 10 aliphatic rings. The van der Waals surface area contributed by atoms with Gasteiger partial charge in [0.15, 0.2) is 12.2 Å². The van der Waals surface area contributed by atoms with Gasteiger partial charge in [0.2, 0.25) is 35.1 Å². The van der Waals surface area contributed by atoms with Gasteiger partial charge in [-0.2, -0.15) is 0 Å². The van der Waals surface area contributed by atoms with Crippen molar-refractivity contribution in [2.75, 3.05) is 40.3 Å². The smallest absolute Gasteiger partial charge is 0.335 e. The number of H-pyrrole nitrogens is 2. The molecule has 0 spiro atoms. The largest absolute Gasteiger partial charge is 0.479 e. The number of aromatic amines is 2. The molecule has 0 bridgehead atoms. The predicted molar refractivity (Wildman–Crippen MR) is 342 cm³/mol. The molecule has 26 heteroatoms. The zero-order chi connectivity index (χ0) is 67.7. The van der Waals surface area contributed by atoms with E-state index in [2.05, 4.69) is 93.3 Å². The molecule has 26 nitrogen and oxygen atoms in total. The number of carbonyl (C=O) groups excluding carboxylic acids is 6. The number of likely N-dealkylation sites (tertiary alicyclic amines) is 2. The number of aliphatic hydroxyl groups excluding tert-OH is 2. The van der Waals surface area contributed by atoms with Crippen LogP contribution in [0.4, 0.5) is 0 Å². The average Bonchev–Trinajstić information content (AvgIpc) is 1.54. The van der Waals surface area contributed by atoms with E-state index in [1.165, 1.54) is 56.7 Å². The highest BCUT2D eigenvalue weighted by Crippen LogP contribution is 2.50. The molecule has 96 heavy (non-hydrogen) atoms. The first-order valence-corrected chi connectivity index (χ1v) is 33.1. The summed E-state index contributed by atoms with van der Waals surface area (Å²) in [5.41, 5.74) is 5.48. The summed E-state index contributed by atoms with van der Waals surface area (Å²) in [5, 5.41) is 65.0. The number of nitrogens with zero attached hydrogens (tertiary/aromatic N) is 6. The van der Waals surface area contributed by atoms with Crippen molar-refractivity contribution in [1.82, 2.24) is 50.0 Å². The summed E-state index contributed by atoms with van der Waals surface area (Å²) in [7, 11) is 4.12. The number of aliphatic hydroxyl groups is 4. The summed E-state index contributed by atoms with van der Waals surface area (Å²) < 4.78 is 12.5. The Balaban J connectivity index is 0.000000145. The number of carboxylic acids is 2. The second-order valence-electron chi connectivity index (χ2n) is 27.9. The van der Waals surface area contributed by atoms with Crippen LogP contribution in [-0.2, 0) is 73.5 Å². The van der Waals surface area contributed by atoms with E-state index in [1.54, 1.807) is 9.80 Å². The molecular weight excluding hydrogens is 1240 g/mol. The number of piperazine rings is 2. The van der Waals surface area contributed by atoms with Crippen molar-refractivity contribution in [3.8, 4) is 0 Å². The monoisotopic (exact) mass is 1320 g/mol. The Morgan fingerprint density at radius 3 is 1.33 bits per heavy atom. The van der Waals surface area contributed by atoms with E-state index in [0.717, 1.165) is 35.0 Å². The Hall–Kier alpha value is -8.60. The van der Waals surface area contributed by atoms with Crippen molar-refractivity contribution in [2.45, 2.75) is 162 Å².